The van der Waals surface area contributed by atoms with Crippen LogP contribution < -0.4 is 0 Å². The van der Waals surface area contributed by atoms with Gasteiger partial charge in [0.25, 0.3) is 0 Å². The van der Waals surface area contributed by atoms with Crippen LogP contribution in [0, 0.1) is 0 Å². The van der Waals surface area contributed by atoms with Crippen molar-refractivity contribution in [2.75, 3.05) is 14.2 Å². The minimum Gasteiger partial charge on any atom is -0.454 e. The van der Waals surface area contributed by atoms with Crippen molar-refractivity contribution in [1.82, 2.24) is 4.57 Å². The standard InChI is InChI=1S/C48H31NO.C4H6.C2H6O.2C2H6.H2S2/c1-3-12-32(13-4-1)34-16-9-17-35(28-34)36-18-10-19-37(29-36)39-25-27-47-43(31-39)41-21-11-23-46(48(41)50-47)49-44-22-8-7-20-40(44)42-30-38(24-26-45(42)49)33-14-5-2-6-15-33;1-3-4-2;1-3-2;3*1-2/h1-31H;3-4H,1-2H2;1-2H3;2*1-2H3;1-2H. The van der Waals surface area contributed by atoms with Gasteiger partial charge in [-0.1, -0.05) is 193 Å². The molecule has 0 amide bonds. The van der Waals surface area contributed by atoms with Crippen LogP contribution >= 0.6 is 23.3 Å². The van der Waals surface area contributed by atoms with Gasteiger partial charge < -0.3 is 13.7 Å². The van der Waals surface area contributed by atoms with Gasteiger partial charge in [0.15, 0.2) is 5.58 Å². The van der Waals surface area contributed by atoms with E-state index in [0.717, 1.165) is 44.2 Å². The number of hydrogen-bond donors (Lipinski definition) is 2. The first-order valence-electron chi connectivity index (χ1n) is 21.3. The van der Waals surface area contributed by atoms with Crippen LogP contribution in [0.15, 0.2) is 218 Å². The summed E-state index contributed by atoms with van der Waals surface area (Å²) in [4.78, 5) is 0. The summed E-state index contributed by atoms with van der Waals surface area (Å²) in [6.07, 6.45) is 3.28. The van der Waals surface area contributed by atoms with Crippen molar-refractivity contribution in [2.45, 2.75) is 27.7 Å². The number of nitrogens with zero attached hydrogens (tertiary/aromatic N) is 1. The van der Waals surface area contributed by atoms with Crippen LogP contribution in [0.25, 0.3) is 93.9 Å². The highest BCUT2D eigenvalue weighted by atomic mass is 33.1. The summed E-state index contributed by atoms with van der Waals surface area (Å²) in [6, 6.07) is 67.3. The number of allylic oxidation sites excluding steroid dienone is 2. The zero-order valence-corrected chi connectivity index (χ0v) is 38.9. The molecule has 0 aliphatic rings. The van der Waals surface area contributed by atoms with Gasteiger partial charge in [0.05, 0.1) is 16.7 Å². The fourth-order valence-corrected chi connectivity index (χ4v) is 7.57. The van der Waals surface area contributed by atoms with Gasteiger partial charge in [-0.05, 0) is 93.0 Å². The highest BCUT2D eigenvalue weighted by Crippen LogP contribution is 2.40. The SMILES string of the molecule is C=CC=C.CC.CC.COC.SS.c1ccc(-c2cccc(-c3cccc(-c4ccc5oc6c(-n7c8ccccc8c8cc(-c9ccccc9)ccc87)cccc6c5c4)c3)c2)cc1. The molecular weight excluding hydrogens is 807 g/mol. The molecule has 318 valence electrons. The topological polar surface area (TPSA) is 27.3 Å². The lowest BCUT2D eigenvalue weighted by Gasteiger charge is -2.09. The average molecular weight is 864 g/mol. The molecule has 3 nitrogen and oxygen atoms in total. The van der Waals surface area contributed by atoms with Crippen LogP contribution in [0.1, 0.15) is 27.7 Å². The molecule has 10 aromatic rings. The number of benzene rings is 8. The van der Waals surface area contributed by atoms with Gasteiger partial charge >= 0.3 is 0 Å². The lowest BCUT2D eigenvalue weighted by Crippen LogP contribution is -1.94. The molecule has 0 radical (unpaired) electrons. The molecule has 0 N–H and O–H groups in total. The van der Waals surface area contributed by atoms with Crippen molar-refractivity contribution < 1.29 is 9.15 Å². The van der Waals surface area contributed by atoms with Crippen molar-refractivity contribution in [3.8, 4) is 50.2 Å². The fourth-order valence-electron chi connectivity index (χ4n) is 7.57. The second kappa shape index (κ2) is 24.2. The Labute approximate surface area is 384 Å². The van der Waals surface area contributed by atoms with E-state index in [1.54, 1.807) is 26.4 Å². The first-order valence-corrected chi connectivity index (χ1v) is 22.9. The number of para-hydroxylation sites is 2. The molecule has 0 atom stereocenters. The second-order valence-corrected chi connectivity index (χ2v) is 13.8. The first-order chi connectivity index (χ1) is 31.1. The Morgan fingerprint density at radius 2 is 0.810 bits per heavy atom. The predicted octanol–water partition coefficient (Wildman–Crippen LogP) is 17.8. The highest BCUT2D eigenvalue weighted by Gasteiger charge is 2.18. The average Bonchev–Trinajstić information content (AvgIpc) is 3.92. The Hall–Kier alpha value is -6.50. The lowest BCUT2D eigenvalue weighted by molar-refractivity contribution is 0.277. The Bertz CT molecular complexity index is 2990. The number of hydrogen-bond acceptors (Lipinski definition) is 4. The third-order valence-corrected chi connectivity index (χ3v) is 10.2. The summed E-state index contributed by atoms with van der Waals surface area (Å²) in [5.74, 6) is 0. The Kier molecular flexibility index (Phi) is 18.3. The zero-order valence-electron chi connectivity index (χ0n) is 37.1. The Balaban J connectivity index is 0.000000522. The molecule has 0 aliphatic carbocycles. The maximum atomic E-state index is 6.72. The Morgan fingerprint density at radius 3 is 1.37 bits per heavy atom. The van der Waals surface area contributed by atoms with Crippen LogP contribution in [0.2, 0.25) is 0 Å². The molecular formula is C58H57NO2S2. The fraction of sp³-hybridized carbons (Fsp3) is 0.103. The van der Waals surface area contributed by atoms with Crippen LogP contribution in [0.4, 0.5) is 0 Å². The minimum atomic E-state index is 0.884. The summed E-state index contributed by atoms with van der Waals surface area (Å²) in [5.41, 5.74) is 14.7. The normalized spacial score (nSPS) is 10.1. The van der Waals surface area contributed by atoms with Crippen molar-refractivity contribution in [3.63, 3.8) is 0 Å². The third-order valence-electron chi connectivity index (χ3n) is 10.2. The van der Waals surface area contributed by atoms with Gasteiger partial charge in [-0.3, -0.25) is 0 Å². The molecule has 0 unspecified atom stereocenters. The number of aromatic nitrogens is 1. The van der Waals surface area contributed by atoms with Gasteiger partial charge in [0.2, 0.25) is 0 Å². The maximum absolute atomic E-state index is 6.72. The van der Waals surface area contributed by atoms with E-state index < -0.39 is 0 Å². The van der Waals surface area contributed by atoms with Crippen molar-refractivity contribution in [3.05, 3.63) is 213 Å². The van der Waals surface area contributed by atoms with Crippen molar-refractivity contribution in [1.29, 1.82) is 0 Å². The summed E-state index contributed by atoms with van der Waals surface area (Å²) in [5, 5.41) is 4.68. The van der Waals surface area contributed by atoms with E-state index in [4.69, 9.17) is 4.42 Å². The van der Waals surface area contributed by atoms with E-state index >= 15 is 0 Å². The van der Waals surface area contributed by atoms with E-state index in [0.29, 0.717) is 0 Å². The highest BCUT2D eigenvalue weighted by molar-refractivity contribution is 8.59. The second-order valence-electron chi connectivity index (χ2n) is 13.8. The van der Waals surface area contributed by atoms with E-state index in [9.17, 15) is 0 Å². The van der Waals surface area contributed by atoms with Gasteiger partial charge in [0.1, 0.15) is 5.58 Å². The molecule has 5 heteroatoms. The van der Waals surface area contributed by atoms with E-state index in [2.05, 4.69) is 234 Å². The van der Waals surface area contributed by atoms with E-state index in [-0.39, 0.29) is 0 Å². The zero-order chi connectivity index (χ0) is 45.1. The molecule has 0 fully saturated rings. The van der Waals surface area contributed by atoms with Crippen molar-refractivity contribution in [2.24, 2.45) is 0 Å². The van der Waals surface area contributed by atoms with Crippen LogP contribution in [0.5, 0.6) is 0 Å². The molecule has 0 saturated carbocycles. The third kappa shape index (κ3) is 10.8. The summed E-state index contributed by atoms with van der Waals surface area (Å²) >= 11 is 6.44. The number of rotatable bonds is 6. The minimum absolute atomic E-state index is 0.884. The molecule has 0 bridgehead atoms. The molecule has 10 rings (SSSR count). The molecule has 0 aliphatic heterocycles. The number of ether oxygens (including phenoxy) is 1. The smallest absolute Gasteiger partial charge is 0.159 e. The van der Waals surface area contributed by atoms with Gasteiger partial charge in [-0.25, -0.2) is 0 Å². The molecule has 63 heavy (non-hydrogen) atoms. The molecule has 8 aromatic carbocycles. The quantitative estimate of drug-likeness (QED) is 0.0990. The Morgan fingerprint density at radius 1 is 0.413 bits per heavy atom. The largest absolute Gasteiger partial charge is 0.454 e. The molecule has 2 aromatic heterocycles. The van der Waals surface area contributed by atoms with Crippen LogP contribution in [-0.4, -0.2) is 18.8 Å². The molecule has 0 saturated heterocycles. The number of fused-ring (bicyclic) bond motifs is 6. The lowest BCUT2D eigenvalue weighted by atomic mass is 9.96. The van der Waals surface area contributed by atoms with Gasteiger partial charge in [-0.15, -0.1) is 23.3 Å². The number of furan rings is 1. The van der Waals surface area contributed by atoms with Gasteiger partial charge in [0, 0.05) is 35.8 Å². The number of methoxy groups -OCH3 is 1. The van der Waals surface area contributed by atoms with Crippen LogP contribution in [-0.2, 0) is 4.74 Å². The van der Waals surface area contributed by atoms with Gasteiger partial charge in [-0.2, -0.15) is 0 Å². The number of thiol groups is 2. The van der Waals surface area contributed by atoms with Crippen LogP contribution in [0.3, 0.4) is 0 Å². The van der Waals surface area contributed by atoms with Crippen molar-refractivity contribution >= 4 is 67.1 Å². The van der Waals surface area contributed by atoms with E-state index in [1.165, 1.54) is 49.7 Å². The molecule has 0 spiro atoms. The predicted molar refractivity (Wildman–Crippen MR) is 284 cm³/mol. The summed E-state index contributed by atoms with van der Waals surface area (Å²) < 4.78 is 13.3. The monoisotopic (exact) mass is 863 g/mol. The summed E-state index contributed by atoms with van der Waals surface area (Å²) in [6.45, 7) is 14.7. The summed E-state index contributed by atoms with van der Waals surface area (Å²) in [7, 11) is 3.25. The maximum Gasteiger partial charge on any atom is 0.159 e. The molecule has 2 heterocycles. The van der Waals surface area contributed by atoms with E-state index in [1.807, 2.05) is 27.7 Å². The first kappa shape index (κ1) is 47.5.